The number of carbonyl (C=O) groups is 2. The van der Waals surface area contributed by atoms with Crippen LogP contribution in [0.5, 0.6) is 0 Å². The predicted molar refractivity (Wildman–Crippen MR) is 186 cm³/mol. The topological polar surface area (TPSA) is 86.8 Å². The average molecular weight is 681 g/mol. The van der Waals surface area contributed by atoms with Crippen molar-refractivity contribution in [1.82, 2.24) is 10.2 Å². The van der Waals surface area contributed by atoms with Gasteiger partial charge in [0.25, 0.3) is 10.0 Å². The van der Waals surface area contributed by atoms with E-state index >= 15 is 0 Å². The summed E-state index contributed by atoms with van der Waals surface area (Å²) in [7, 11) is -4.20. The average Bonchev–Trinajstić information content (AvgIpc) is 3.06. The Hall–Kier alpha value is -3.85. The number of rotatable bonds is 14. The minimum atomic E-state index is -4.20. The summed E-state index contributed by atoms with van der Waals surface area (Å²) in [4.78, 5) is 30.0. The maximum atomic E-state index is 14.7. The Morgan fingerprint density at radius 2 is 1.39 bits per heavy atom. The number of halogens is 2. The van der Waals surface area contributed by atoms with E-state index in [-0.39, 0.29) is 29.7 Å². The summed E-state index contributed by atoms with van der Waals surface area (Å²) in [6.07, 6.45) is 0.730. The Labute approximate surface area is 282 Å². The zero-order chi connectivity index (χ0) is 33.3. The Morgan fingerprint density at radius 3 is 2.00 bits per heavy atom. The van der Waals surface area contributed by atoms with Gasteiger partial charge in [0.15, 0.2) is 0 Å². The first kappa shape index (κ1) is 35.0. The van der Waals surface area contributed by atoms with Crippen LogP contribution in [0, 0.1) is 5.92 Å². The molecule has 0 aliphatic heterocycles. The third kappa shape index (κ3) is 8.69. The van der Waals surface area contributed by atoms with Gasteiger partial charge < -0.3 is 10.2 Å². The van der Waals surface area contributed by atoms with Crippen LogP contribution in [0.25, 0.3) is 0 Å². The Balaban J connectivity index is 1.85. The van der Waals surface area contributed by atoms with Gasteiger partial charge in [-0.2, -0.15) is 0 Å². The maximum absolute atomic E-state index is 14.7. The van der Waals surface area contributed by atoms with Crippen LogP contribution in [-0.4, -0.2) is 44.3 Å². The molecule has 0 aliphatic carbocycles. The van der Waals surface area contributed by atoms with Gasteiger partial charge in [-0.05, 0) is 53.8 Å². The molecule has 0 aliphatic rings. The lowest BCUT2D eigenvalue weighted by molar-refractivity contribution is -0.140. The molecule has 1 N–H and O–H groups in total. The highest BCUT2D eigenvalue weighted by atomic mass is 35.5. The molecule has 0 spiro atoms. The highest BCUT2D eigenvalue weighted by Gasteiger charge is 2.35. The summed E-state index contributed by atoms with van der Waals surface area (Å²) in [6, 6.07) is 28.5. The van der Waals surface area contributed by atoms with Crippen LogP contribution in [0.15, 0.2) is 108 Å². The molecule has 0 radical (unpaired) electrons. The fourth-order valence-electron chi connectivity index (χ4n) is 5.12. The monoisotopic (exact) mass is 679 g/mol. The molecule has 10 heteroatoms. The summed E-state index contributed by atoms with van der Waals surface area (Å²) in [5, 5.41) is 3.64. The van der Waals surface area contributed by atoms with E-state index in [4.69, 9.17) is 23.2 Å². The number of nitrogens with zero attached hydrogens (tertiary/aromatic N) is 2. The lowest BCUT2D eigenvalue weighted by Crippen LogP contribution is -2.54. The van der Waals surface area contributed by atoms with Gasteiger partial charge in [-0.25, -0.2) is 8.42 Å². The first-order valence-corrected chi connectivity index (χ1v) is 17.4. The molecule has 0 saturated heterocycles. The van der Waals surface area contributed by atoms with Crippen molar-refractivity contribution < 1.29 is 18.0 Å². The van der Waals surface area contributed by atoms with Gasteiger partial charge >= 0.3 is 0 Å². The minimum absolute atomic E-state index is 0.0462. The van der Waals surface area contributed by atoms with Gasteiger partial charge in [0.05, 0.1) is 10.6 Å². The van der Waals surface area contributed by atoms with Crippen molar-refractivity contribution in [3.05, 3.63) is 130 Å². The van der Waals surface area contributed by atoms with E-state index in [0.717, 1.165) is 15.4 Å². The van der Waals surface area contributed by atoms with Crippen molar-refractivity contribution in [2.45, 2.75) is 51.1 Å². The summed E-state index contributed by atoms with van der Waals surface area (Å²) < 4.78 is 29.6. The normalized spacial score (nSPS) is 12.0. The van der Waals surface area contributed by atoms with Crippen molar-refractivity contribution in [3.63, 3.8) is 0 Å². The molecule has 2 amide bonds. The molecule has 0 aromatic heterocycles. The van der Waals surface area contributed by atoms with Gasteiger partial charge in [-0.15, -0.1) is 0 Å². The second-order valence-electron chi connectivity index (χ2n) is 11.4. The van der Waals surface area contributed by atoms with Gasteiger partial charge in [0.1, 0.15) is 12.6 Å². The number of carbonyl (C=O) groups excluding carboxylic acids is 2. The minimum Gasteiger partial charge on any atom is -0.354 e. The molecule has 4 rings (SSSR count). The summed E-state index contributed by atoms with van der Waals surface area (Å²) >= 11 is 13.2. The van der Waals surface area contributed by atoms with E-state index in [2.05, 4.69) is 5.32 Å². The molecule has 7 nitrogen and oxygen atoms in total. The van der Waals surface area contributed by atoms with Crippen molar-refractivity contribution in [2.75, 3.05) is 17.4 Å². The van der Waals surface area contributed by atoms with Crippen LogP contribution in [-0.2, 0) is 39.0 Å². The van der Waals surface area contributed by atoms with Gasteiger partial charge in [0, 0.05) is 35.1 Å². The highest BCUT2D eigenvalue weighted by Crippen LogP contribution is 2.30. The fraction of sp³-hybridized carbons (Fsp3) is 0.278. The number of amides is 2. The van der Waals surface area contributed by atoms with Crippen LogP contribution in [0.1, 0.15) is 37.5 Å². The molecular weight excluding hydrogens is 641 g/mol. The summed E-state index contributed by atoms with van der Waals surface area (Å²) in [6.45, 7) is 5.62. The van der Waals surface area contributed by atoms with E-state index in [1.54, 1.807) is 48.5 Å². The van der Waals surface area contributed by atoms with Crippen LogP contribution in [0.2, 0.25) is 10.0 Å². The number of para-hydroxylation sites is 1. The first-order chi connectivity index (χ1) is 22.0. The van der Waals surface area contributed by atoms with E-state index in [1.807, 2.05) is 63.2 Å². The predicted octanol–water partition coefficient (Wildman–Crippen LogP) is 7.16. The van der Waals surface area contributed by atoms with Crippen LogP contribution < -0.4 is 9.62 Å². The first-order valence-electron chi connectivity index (χ1n) is 15.2. The SMILES string of the molecule is CCc1ccccc1N(CC(=O)N(Cc1c(Cl)cccc1Cl)[C@@H](Cc1ccccc1)C(=O)NCC(C)C)S(=O)(=O)c1ccccc1. The van der Waals surface area contributed by atoms with Crippen molar-refractivity contribution >= 4 is 50.7 Å². The zero-order valence-electron chi connectivity index (χ0n) is 26.2. The van der Waals surface area contributed by atoms with Crippen molar-refractivity contribution in [1.29, 1.82) is 0 Å². The molecule has 242 valence electrons. The Bertz CT molecular complexity index is 1710. The quantitative estimate of drug-likeness (QED) is 0.153. The number of benzene rings is 4. The van der Waals surface area contributed by atoms with Gasteiger partial charge in [-0.1, -0.05) is 117 Å². The zero-order valence-corrected chi connectivity index (χ0v) is 28.5. The number of anilines is 1. The second-order valence-corrected chi connectivity index (χ2v) is 14.1. The van der Waals surface area contributed by atoms with E-state index in [1.165, 1.54) is 17.0 Å². The van der Waals surface area contributed by atoms with Crippen molar-refractivity contribution in [2.24, 2.45) is 5.92 Å². The van der Waals surface area contributed by atoms with Crippen LogP contribution in [0.3, 0.4) is 0 Å². The number of hydrogen-bond acceptors (Lipinski definition) is 4. The Morgan fingerprint density at radius 1 is 0.804 bits per heavy atom. The molecule has 4 aromatic rings. The van der Waals surface area contributed by atoms with E-state index in [0.29, 0.717) is 34.3 Å². The van der Waals surface area contributed by atoms with Crippen molar-refractivity contribution in [3.8, 4) is 0 Å². The number of aryl methyl sites for hydroxylation is 1. The summed E-state index contributed by atoms with van der Waals surface area (Å²) in [5.41, 5.74) is 2.44. The van der Waals surface area contributed by atoms with Crippen LogP contribution in [0.4, 0.5) is 5.69 Å². The lowest BCUT2D eigenvalue weighted by atomic mass is 10.0. The fourth-order valence-corrected chi connectivity index (χ4v) is 7.11. The number of hydrogen-bond donors (Lipinski definition) is 1. The third-order valence-corrected chi connectivity index (χ3v) is 10.1. The molecule has 1 atom stereocenters. The molecular formula is C36H39Cl2N3O4S. The lowest BCUT2D eigenvalue weighted by Gasteiger charge is -2.34. The molecule has 0 heterocycles. The molecule has 0 fully saturated rings. The largest absolute Gasteiger partial charge is 0.354 e. The standard InChI is InChI=1S/C36H39Cl2N3O4S/c1-4-28-16-11-12-21-33(28)41(46(44,45)29-17-9-6-10-18-29)25-35(42)40(24-30-31(37)19-13-20-32(30)38)34(36(43)39-23-26(2)3)22-27-14-7-5-8-15-27/h5-21,26,34H,4,22-25H2,1-3H3,(H,39,43)/t34-/m0/s1. The molecule has 0 bridgehead atoms. The molecule has 46 heavy (non-hydrogen) atoms. The molecule has 4 aromatic carbocycles. The highest BCUT2D eigenvalue weighted by molar-refractivity contribution is 7.92. The molecule has 0 unspecified atom stereocenters. The second kappa shape index (κ2) is 16.1. The smallest absolute Gasteiger partial charge is 0.264 e. The molecule has 0 saturated carbocycles. The third-order valence-electron chi connectivity index (χ3n) is 7.60. The Kier molecular flexibility index (Phi) is 12.3. The van der Waals surface area contributed by atoms with Crippen LogP contribution >= 0.6 is 23.2 Å². The number of sulfonamides is 1. The van der Waals surface area contributed by atoms with Gasteiger partial charge in [0.2, 0.25) is 11.8 Å². The van der Waals surface area contributed by atoms with E-state index in [9.17, 15) is 18.0 Å². The van der Waals surface area contributed by atoms with E-state index < -0.39 is 28.5 Å². The number of nitrogens with one attached hydrogen (secondary N) is 1. The summed E-state index contributed by atoms with van der Waals surface area (Å²) in [5.74, 6) is -0.775. The van der Waals surface area contributed by atoms with Gasteiger partial charge in [-0.3, -0.25) is 13.9 Å². The maximum Gasteiger partial charge on any atom is 0.264 e.